The van der Waals surface area contributed by atoms with Gasteiger partial charge in [-0.1, -0.05) is 57.5 Å². The van der Waals surface area contributed by atoms with Crippen LogP contribution < -0.4 is 15.4 Å². The van der Waals surface area contributed by atoms with E-state index in [2.05, 4.69) is 53.4 Å². The summed E-state index contributed by atoms with van der Waals surface area (Å²) in [6.07, 6.45) is 3.76. The Kier molecular flexibility index (Phi) is 10.00. The van der Waals surface area contributed by atoms with E-state index in [-0.39, 0.29) is 6.03 Å². The average Bonchev–Trinajstić information content (AvgIpc) is 2.76. The Bertz CT molecular complexity index is 747. The van der Waals surface area contributed by atoms with Gasteiger partial charge in [0.05, 0.1) is 6.61 Å². The second kappa shape index (κ2) is 12.8. The van der Waals surface area contributed by atoms with E-state index in [4.69, 9.17) is 4.74 Å². The molecule has 0 radical (unpaired) electrons. The van der Waals surface area contributed by atoms with E-state index in [0.29, 0.717) is 25.6 Å². The van der Waals surface area contributed by atoms with Gasteiger partial charge in [-0.25, -0.2) is 9.78 Å². The van der Waals surface area contributed by atoms with Crippen molar-refractivity contribution >= 4 is 6.03 Å². The van der Waals surface area contributed by atoms with Crippen molar-refractivity contribution in [2.24, 2.45) is 0 Å². The van der Waals surface area contributed by atoms with Crippen molar-refractivity contribution in [2.75, 3.05) is 19.7 Å². The molecule has 1 heterocycles. The molecule has 158 valence electrons. The number of rotatable bonds is 12. The van der Waals surface area contributed by atoms with Gasteiger partial charge < -0.3 is 15.4 Å². The smallest absolute Gasteiger partial charge is 0.315 e. The molecule has 29 heavy (non-hydrogen) atoms. The van der Waals surface area contributed by atoms with Gasteiger partial charge in [0.25, 0.3) is 0 Å². The normalized spacial score (nSPS) is 10.8. The number of nitrogens with one attached hydrogen (secondary N) is 2. The topological polar surface area (TPSA) is 66.5 Å². The number of unbranched alkanes of at least 4 members (excludes halogenated alkanes) is 1. The highest BCUT2D eigenvalue weighted by Crippen LogP contribution is 2.15. The monoisotopic (exact) mass is 398 g/mol. The lowest BCUT2D eigenvalue weighted by Gasteiger charge is -2.20. The number of ether oxygens (including phenoxy) is 1. The lowest BCUT2D eigenvalue weighted by Crippen LogP contribution is -2.35. The van der Waals surface area contributed by atoms with E-state index < -0.39 is 0 Å². The lowest BCUT2D eigenvalue weighted by molar-refractivity contribution is 0.239. The molecule has 0 atom stereocenters. The Morgan fingerprint density at radius 1 is 0.966 bits per heavy atom. The van der Waals surface area contributed by atoms with Crippen LogP contribution in [0.2, 0.25) is 0 Å². The van der Waals surface area contributed by atoms with Crippen molar-refractivity contribution < 1.29 is 9.53 Å². The van der Waals surface area contributed by atoms with Crippen LogP contribution in [0.3, 0.4) is 0 Å². The summed E-state index contributed by atoms with van der Waals surface area (Å²) in [5, 5.41) is 5.86. The number of hydrogen-bond acceptors (Lipinski definition) is 4. The van der Waals surface area contributed by atoms with Crippen molar-refractivity contribution in [2.45, 2.75) is 53.2 Å². The van der Waals surface area contributed by atoms with Gasteiger partial charge in [0.1, 0.15) is 0 Å². The average molecular weight is 399 g/mol. The first-order chi connectivity index (χ1) is 14.2. The summed E-state index contributed by atoms with van der Waals surface area (Å²) in [4.78, 5) is 19.0. The molecule has 2 amide bonds. The molecule has 0 spiro atoms. The van der Waals surface area contributed by atoms with Crippen LogP contribution in [0.25, 0.3) is 0 Å². The quantitative estimate of drug-likeness (QED) is 0.528. The Hall–Kier alpha value is -2.60. The van der Waals surface area contributed by atoms with E-state index in [0.717, 1.165) is 43.6 Å². The van der Waals surface area contributed by atoms with E-state index in [1.165, 1.54) is 5.56 Å². The van der Waals surface area contributed by atoms with E-state index in [1.54, 1.807) is 6.20 Å². The first-order valence-electron chi connectivity index (χ1n) is 10.5. The van der Waals surface area contributed by atoms with Crippen molar-refractivity contribution in [1.29, 1.82) is 0 Å². The van der Waals surface area contributed by atoms with Crippen molar-refractivity contribution in [1.82, 2.24) is 20.5 Å². The summed E-state index contributed by atoms with van der Waals surface area (Å²) in [6, 6.07) is 11.8. The molecule has 0 saturated carbocycles. The van der Waals surface area contributed by atoms with Crippen LogP contribution in [0, 0.1) is 0 Å². The summed E-state index contributed by atoms with van der Waals surface area (Å²) in [5.74, 6) is 0.589. The number of nitrogens with zero attached hydrogens (tertiary/aromatic N) is 2. The molecule has 0 bridgehead atoms. The number of aromatic nitrogens is 1. The van der Waals surface area contributed by atoms with Gasteiger partial charge in [-0.3, -0.25) is 4.90 Å². The van der Waals surface area contributed by atoms with Crippen LogP contribution >= 0.6 is 0 Å². The number of carbonyl (C=O) groups is 1. The second-order valence-corrected chi connectivity index (χ2v) is 6.94. The molecule has 0 fully saturated rings. The van der Waals surface area contributed by atoms with Gasteiger partial charge in [-0.05, 0) is 36.7 Å². The van der Waals surface area contributed by atoms with Crippen LogP contribution in [0.4, 0.5) is 4.79 Å². The van der Waals surface area contributed by atoms with Gasteiger partial charge in [0.2, 0.25) is 5.88 Å². The van der Waals surface area contributed by atoms with Crippen LogP contribution in [-0.4, -0.2) is 35.6 Å². The fourth-order valence-electron chi connectivity index (χ4n) is 2.99. The third-order valence-corrected chi connectivity index (χ3v) is 4.87. The molecule has 0 aliphatic rings. The van der Waals surface area contributed by atoms with Crippen molar-refractivity contribution in [3.63, 3.8) is 0 Å². The van der Waals surface area contributed by atoms with Crippen molar-refractivity contribution in [3.05, 3.63) is 59.3 Å². The minimum atomic E-state index is -0.203. The summed E-state index contributed by atoms with van der Waals surface area (Å²) in [5.41, 5.74) is 3.26. The van der Waals surface area contributed by atoms with E-state index in [1.807, 2.05) is 24.3 Å². The number of amides is 2. The molecule has 0 saturated heterocycles. The van der Waals surface area contributed by atoms with E-state index >= 15 is 0 Å². The maximum absolute atomic E-state index is 12.3. The first-order valence-corrected chi connectivity index (χ1v) is 10.5. The zero-order valence-electron chi connectivity index (χ0n) is 17.9. The van der Waals surface area contributed by atoms with Gasteiger partial charge in [0.15, 0.2) is 0 Å². The molecular weight excluding hydrogens is 364 g/mol. The third kappa shape index (κ3) is 7.74. The molecule has 0 aliphatic carbocycles. The number of carbonyl (C=O) groups excluding carboxylic acids is 1. The fraction of sp³-hybridized carbons (Fsp3) is 0.478. The highest BCUT2D eigenvalue weighted by molar-refractivity contribution is 5.73. The Morgan fingerprint density at radius 3 is 2.31 bits per heavy atom. The summed E-state index contributed by atoms with van der Waals surface area (Å²) < 4.78 is 5.73. The molecule has 2 rings (SSSR count). The van der Waals surface area contributed by atoms with Gasteiger partial charge in [-0.15, -0.1) is 0 Å². The molecule has 0 aliphatic heterocycles. The van der Waals surface area contributed by atoms with Crippen LogP contribution in [0.5, 0.6) is 5.88 Å². The summed E-state index contributed by atoms with van der Waals surface area (Å²) in [6.45, 7) is 10.9. The Labute approximate surface area is 174 Å². The standard InChI is InChI=1S/C23H34N4O2/c1-4-7-15-29-22-20(13-10-14-24-22)17-26-23(28)25-16-19-11-8-9-12-21(19)18-27(5-2)6-3/h8-14H,4-7,15-18H2,1-3H3,(H2,25,26,28). The molecule has 2 N–H and O–H groups in total. The molecule has 1 aromatic carbocycles. The maximum atomic E-state index is 12.3. The zero-order chi connectivity index (χ0) is 20.9. The highest BCUT2D eigenvalue weighted by Gasteiger charge is 2.09. The summed E-state index contributed by atoms with van der Waals surface area (Å²) in [7, 11) is 0. The van der Waals surface area contributed by atoms with E-state index in [9.17, 15) is 4.79 Å². The molecule has 0 unspecified atom stereocenters. The molecule has 2 aromatic rings. The number of hydrogen-bond donors (Lipinski definition) is 2. The van der Waals surface area contributed by atoms with Crippen LogP contribution in [0.1, 0.15) is 50.3 Å². The second-order valence-electron chi connectivity index (χ2n) is 6.94. The Morgan fingerprint density at radius 2 is 1.62 bits per heavy atom. The number of benzene rings is 1. The molecular formula is C23H34N4O2. The zero-order valence-corrected chi connectivity index (χ0v) is 17.9. The third-order valence-electron chi connectivity index (χ3n) is 4.87. The van der Waals surface area contributed by atoms with Gasteiger partial charge in [0, 0.05) is 31.4 Å². The minimum absolute atomic E-state index is 0.203. The molecule has 1 aromatic heterocycles. The van der Waals surface area contributed by atoms with Crippen LogP contribution in [0.15, 0.2) is 42.6 Å². The minimum Gasteiger partial charge on any atom is -0.477 e. The predicted octanol–water partition coefficient (Wildman–Crippen LogP) is 4.10. The van der Waals surface area contributed by atoms with Crippen LogP contribution in [-0.2, 0) is 19.6 Å². The fourth-order valence-corrected chi connectivity index (χ4v) is 2.99. The highest BCUT2D eigenvalue weighted by atomic mass is 16.5. The SMILES string of the molecule is CCCCOc1ncccc1CNC(=O)NCc1ccccc1CN(CC)CC. The molecule has 6 nitrogen and oxygen atoms in total. The lowest BCUT2D eigenvalue weighted by atomic mass is 10.1. The summed E-state index contributed by atoms with van der Waals surface area (Å²) >= 11 is 0. The largest absolute Gasteiger partial charge is 0.477 e. The van der Waals surface area contributed by atoms with Gasteiger partial charge >= 0.3 is 6.03 Å². The Balaban J connectivity index is 1.87. The van der Waals surface area contributed by atoms with Crippen molar-refractivity contribution in [3.8, 4) is 5.88 Å². The maximum Gasteiger partial charge on any atom is 0.315 e. The predicted molar refractivity (Wildman–Crippen MR) is 117 cm³/mol. The number of urea groups is 1. The first kappa shape index (κ1) is 22.7. The van der Waals surface area contributed by atoms with Gasteiger partial charge in [-0.2, -0.15) is 0 Å². The number of pyridine rings is 1. The molecule has 6 heteroatoms.